The summed E-state index contributed by atoms with van der Waals surface area (Å²) in [4.78, 5) is 0.346. The molecule has 0 aliphatic heterocycles. The highest BCUT2D eigenvalue weighted by molar-refractivity contribution is 7.92. The van der Waals surface area contributed by atoms with Gasteiger partial charge in [0, 0.05) is 25.0 Å². The van der Waals surface area contributed by atoms with Gasteiger partial charge in [0.15, 0.2) is 9.84 Å². The van der Waals surface area contributed by atoms with E-state index in [-0.39, 0.29) is 12.5 Å². The van der Waals surface area contributed by atoms with E-state index in [4.69, 9.17) is 10.5 Å². The first kappa shape index (κ1) is 17.1. The molecule has 0 bridgehead atoms. The zero-order valence-electron chi connectivity index (χ0n) is 14.0. The fraction of sp³-hybridized carbons (Fsp3) is 0.368. The highest BCUT2D eigenvalue weighted by Crippen LogP contribution is 2.63. The second-order valence-electron chi connectivity index (χ2n) is 6.54. The van der Waals surface area contributed by atoms with Gasteiger partial charge in [-0.2, -0.15) is 0 Å². The molecular formula is C19H23NO3S. The van der Waals surface area contributed by atoms with E-state index in [1.54, 1.807) is 31.4 Å². The second-order valence-corrected chi connectivity index (χ2v) is 8.61. The van der Waals surface area contributed by atoms with Crippen LogP contribution in [0.3, 0.4) is 0 Å². The van der Waals surface area contributed by atoms with Gasteiger partial charge in [-0.3, -0.25) is 0 Å². The van der Waals surface area contributed by atoms with Gasteiger partial charge in [0.25, 0.3) is 0 Å². The van der Waals surface area contributed by atoms with E-state index in [0.29, 0.717) is 11.5 Å². The van der Waals surface area contributed by atoms with E-state index in [0.717, 1.165) is 11.1 Å². The van der Waals surface area contributed by atoms with Crippen molar-refractivity contribution in [2.45, 2.75) is 23.0 Å². The molecule has 1 aliphatic rings. The predicted molar refractivity (Wildman–Crippen MR) is 94.7 cm³/mol. The minimum Gasteiger partial charge on any atom is -0.384 e. The van der Waals surface area contributed by atoms with Crippen LogP contribution in [-0.4, -0.2) is 33.9 Å². The van der Waals surface area contributed by atoms with Gasteiger partial charge in [-0.05, 0) is 24.6 Å². The van der Waals surface area contributed by atoms with Crippen LogP contribution in [0, 0.1) is 12.3 Å². The average Bonchev–Trinajstić information content (AvgIpc) is 3.26. The molecule has 3 rings (SSSR count). The number of hydrogen-bond acceptors (Lipinski definition) is 4. The van der Waals surface area contributed by atoms with Gasteiger partial charge in [-0.1, -0.05) is 48.0 Å². The molecular weight excluding hydrogens is 322 g/mol. The quantitative estimate of drug-likeness (QED) is 0.873. The molecule has 2 aromatic rings. The molecule has 1 fully saturated rings. The number of rotatable bonds is 6. The first-order chi connectivity index (χ1) is 11.5. The van der Waals surface area contributed by atoms with Crippen LogP contribution in [0.4, 0.5) is 0 Å². The van der Waals surface area contributed by atoms with Crippen molar-refractivity contribution in [1.82, 2.24) is 0 Å². The zero-order chi connectivity index (χ0) is 17.4. The molecule has 1 saturated carbocycles. The largest absolute Gasteiger partial charge is 0.384 e. The maximum absolute atomic E-state index is 13.2. The first-order valence-electron chi connectivity index (χ1n) is 8.02. The summed E-state index contributed by atoms with van der Waals surface area (Å²) in [5.74, 6) is -0.145. The van der Waals surface area contributed by atoms with Crippen LogP contribution in [0.1, 0.15) is 17.0 Å². The maximum atomic E-state index is 13.2. The lowest BCUT2D eigenvalue weighted by Crippen LogP contribution is -2.28. The Morgan fingerprint density at radius 2 is 1.71 bits per heavy atom. The summed E-state index contributed by atoms with van der Waals surface area (Å²) >= 11 is 0. The average molecular weight is 345 g/mol. The van der Waals surface area contributed by atoms with Crippen LogP contribution in [0.15, 0.2) is 59.5 Å². The molecule has 0 radical (unpaired) electrons. The number of ether oxygens (including phenoxy) is 1. The first-order valence-corrected chi connectivity index (χ1v) is 9.56. The fourth-order valence-corrected chi connectivity index (χ4v) is 6.19. The number of sulfone groups is 1. The second kappa shape index (κ2) is 6.31. The molecule has 0 spiro atoms. The summed E-state index contributed by atoms with van der Waals surface area (Å²) in [5, 5.41) is -0.556. The number of nitrogens with two attached hydrogens (primary N) is 1. The Morgan fingerprint density at radius 3 is 2.25 bits per heavy atom. The molecule has 0 heterocycles. The molecule has 0 unspecified atom stereocenters. The molecule has 0 amide bonds. The van der Waals surface area contributed by atoms with E-state index in [2.05, 4.69) is 0 Å². The Bertz CT molecular complexity index is 802. The lowest BCUT2D eigenvalue weighted by Gasteiger charge is -2.15. The van der Waals surface area contributed by atoms with Crippen molar-refractivity contribution >= 4 is 9.84 Å². The summed E-state index contributed by atoms with van der Waals surface area (Å²) in [6, 6.07) is 16.6. The highest BCUT2D eigenvalue weighted by Gasteiger charge is 2.70. The number of methoxy groups -OCH3 is 1. The van der Waals surface area contributed by atoms with Gasteiger partial charge in [0.05, 0.1) is 16.8 Å². The highest BCUT2D eigenvalue weighted by atomic mass is 32.2. The van der Waals surface area contributed by atoms with Crippen molar-refractivity contribution in [3.05, 3.63) is 65.7 Å². The monoisotopic (exact) mass is 345 g/mol. The number of hydrogen-bond donors (Lipinski definition) is 1. The van der Waals surface area contributed by atoms with E-state index < -0.39 is 20.5 Å². The molecule has 24 heavy (non-hydrogen) atoms. The Labute approximate surface area is 143 Å². The summed E-state index contributed by atoms with van der Waals surface area (Å²) < 4.78 is 31.7. The van der Waals surface area contributed by atoms with E-state index in [1.165, 1.54) is 0 Å². The third kappa shape index (κ3) is 2.66. The van der Waals surface area contributed by atoms with E-state index in [1.807, 2.05) is 37.3 Å². The summed E-state index contributed by atoms with van der Waals surface area (Å²) in [6.45, 7) is 2.62. The molecule has 0 aromatic heterocycles. The van der Waals surface area contributed by atoms with Crippen molar-refractivity contribution < 1.29 is 13.2 Å². The number of aryl methyl sites for hydroxylation is 1. The van der Waals surface area contributed by atoms with Crippen LogP contribution in [0.25, 0.3) is 0 Å². The molecule has 1 aliphatic carbocycles. The van der Waals surface area contributed by atoms with Crippen LogP contribution in [0.5, 0.6) is 0 Å². The van der Waals surface area contributed by atoms with Gasteiger partial charge >= 0.3 is 0 Å². The van der Waals surface area contributed by atoms with Crippen molar-refractivity contribution in [1.29, 1.82) is 0 Å². The topological polar surface area (TPSA) is 69.4 Å². The minimum absolute atomic E-state index is 0.145. The van der Waals surface area contributed by atoms with Crippen LogP contribution in [0.2, 0.25) is 0 Å². The maximum Gasteiger partial charge on any atom is 0.182 e. The number of benzene rings is 2. The van der Waals surface area contributed by atoms with Crippen LogP contribution >= 0.6 is 0 Å². The lowest BCUT2D eigenvalue weighted by molar-refractivity contribution is 0.142. The summed E-state index contributed by atoms with van der Waals surface area (Å²) in [7, 11) is -1.88. The Balaban J connectivity index is 2.05. The molecule has 5 heteroatoms. The van der Waals surface area contributed by atoms with Gasteiger partial charge < -0.3 is 10.5 Å². The zero-order valence-corrected chi connectivity index (χ0v) is 14.8. The minimum atomic E-state index is -3.48. The molecule has 0 saturated heterocycles. The third-order valence-electron chi connectivity index (χ3n) is 5.02. The van der Waals surface area contributed by atoms with Gasteiger partial charge in [-0.25, -0.2) is 8.42 Å². The van der Waals surface area contributed by atoms with Crippen molar-refractivity contribution in [2.75, 3.05) is 20.3 Å². The Kier molecular flexibility index (Phi) is 4.51. The van der Waals surface area contributed by atoms with Crippen molar-refractivity contribution in [2.24, 2.45) is 11.1 Å². The summed E-state index contributed by atoms with van der Waals surface area (Å²) in [5.41, 5.74) is 7.61. The smallest absolute Gasteiger partial charge is 0.182 e. The van der Waals surface area contributed by atoms with Crippen LogP contribution < -0.4 is 5.73 Å². The van der Waals surface area contributed by atoms with Gasteiger partial charge in [0.1, 0.15) is 0 Å². The van der Waals surface area contributed by atoms with E-state index in [9.17, 15) is 8.42 Å². The van der Waals surface area contributed by atoms with Crippen molar-refractivity contribution in [3.8, 4) is 0 Å². The summed E-state index contributed by atoms with van der Waals surface area (Å²) in [6.07, 6.45) is 0. The SMILES string of the molecule is COC[C@]1(CN)[C@@H](c2ccc(C)cc2)[C@@H]1S(=O)(=O)c1ccccc1. The third-order valence-corrected chi connectivity index (χ3v) is 7.35. The van der Waals surface area contributed by atoms with Crippen LogP contribution in [-0.2, 0) is 14.6 Å². The van der Waals surface area contributed by atoms with Gasteiger partial charge in [0.2, 0.25) is 0 Å². The molecule has 3 atom stereocenters. The molecule has 2 aromatic carbocycles. The Hall–Kier alpha value is -1.69. The normalized spacial score (nSPS) is 26.3. The molecule has 2 N–H and O–H groups in total. The molecule has 128 valence electrons. The Morgan fingerprint density at radius 1 is 1.08 bits per heavy atom. The van der Waals surface area contributed by atoms with Gasteiger partial charge in [-0.15, -0.1) is 0 Å². The molecule has 4 nitrogen and oxygen atoms in total. The fourth-order valence-electron chi connectivity index (χ4n) is 3.72. The van der Waals surface area contributed by atoms with Crippen molar-refractivity contribution in [3.63, 3.8) is 0 Å². The van der Waals surface area contributed by atoms with E-state index >= 15 is 0 Å². The predicted octanol–water partition coefficient (Wildman–Crippen LogP) is 2.53. The lowest BCUT2D eigenvalue weighted by atomic mass is 9.99. The standard InChI is InChI=1S/C19H23NO3S/c1-14-8-10-15(11-9-14)17-18(19(17,12-20)13-23-2)24(21,22)16-6-4-3-5-7-16/h3-11,17-18H,12-13,20H2,1-2H3/t17-,18-,19+/m0/s1.